The van der Waals surface area contributed by atoms with Crippen molar-refractivity contribution in [3.05, 3.63) is 0 Å². The lowest BCUT2D eigenvalue weighted by molar-refractivity contribution is -0.142. The van der Waals surface area contributed by atoms with Gasteiger partial charge < -0.3 is 9.84 Å². The second kappa shape index (κ2) is 30.8. The number of aliphatic carboxylic acids is 1. The van der Waals surface area contributed by atoms with E-state index in [2.05, 4.69) is 13.8 Å². The van der Waals surface area contributed by atoms with E-state index in [1.54, 1.807) is 6.92 Å². The second-order valence-electron chi connectivity index (χ2n) is 11.8. The lowest BCUT2D eigenvalue weighted by Gasteiger charge is -2.20. The van der Waals surface area contributed by atoms with Crippen molar-refractivity contribution in [3.8, 4) is 0 Å². The van der Waals surface area contributed by atoms with E-state index in [-0.39, 0.29) is 5.97 Å². The van der Waals surface area contributed by atoms with E-state index in [1.807, 2.05) is 13.8 Å². The highest BCUT2D eigenvalue weighted by Gasteiger charge is 2.30. The van der Waals surface area contributed by atoms with Crippen LogP contribution in [0, 0.1) is 0 Å². The highest BCUT2D eigenvalue weighted by atomic mass is 32.2. The topological polar surface area (TPSA) is 63.6 Å². The molecule has 0 aliphatic heterocycles. The summed E-state index contributed by atoms with van der Waals surface area (Å²) in [5, 5.41) is 8.38. The number of carboxylic acids is 1. The van der Waals surface area contributed by atoms with Gasteiger partial charge in [0.05, 0.1) is 7.11 Å². The number of unbranched alkanes of at least 4 members (excludes halogenated alkanes) is 18. The highest BCUT2D eigenvalue weighted by molar-refractivity contribution is 8.24. The van der Waals surface area contributed by atoms with Crippen molar-refractivity contribution in [1.82, 2.24) is 0 Å². The Labute approximate surface area is 279 Å². The smallest absolute Gasteiger partial charge is 0.321 e. The molecule has 0 bridgehead atoms. The quantitative estimate of drug-likeness (QED) is 0.0557. The van der Waals surface area contributed by atoms with Crippen molar-refractivity contribution >= 4 is 68.3 Å². The van der Waals surface area contributed by atoms with Gasteiger partial charge in [-0.1, -0.05) is 154 Å². The molecule has 0 saturated heterocycles. The van der Waals surface area contributed by atoms with Crippen molar-refractivity contribution in [2.24, 2.45) is 0 Å². The minimum atomic E-state index is -0.777. The molecule has 0 amide bonds. The third-order valence-corrected chi connectivity index (χ3v) is 10.2. The Balaban J connectivity index is 0. The fourth-order valence-electron chi connectivity index (χ4n) is 4.44. The molecule has 0 aromatic heterocycles. The van der Waals surface area contributed by atoms with Gasteiger partial charge >= 0.3 is 11.9 Å². The first-order valence-corrected chi connectivity index (χ1v) is 19.3. The molecule has 0 aromatic rings. The van der Waals surface area contributed by atoms with Crippen LogP contribution in [0.2, 0.25) is 0 Å². The molecule has 0 rings (SSSR count). The third kappa shape index (κ3) is 29.9. The van der Waals surface area contributed by atoms with Crippen LogP contribution in [0.25, 0.3) is 0 Å². The molecule has 1 unspecified atom stereocenters. The first kappa shape index (κ1) is 43.9. The number of ether oxygens (including phenoxy) is 1. The van der Waals surface area contributed by atoms with Gasteiger partial charge in [0.15, 0.2) is 0 Å². The van der Waals surface area contributed by atoms with Crippen LogP contribution in [-0.4, -0.2) is 42.5 Å². The molecule has 0 aliphatic carbocycles. The first-order valence-electron chi connectivity index (χ1n) is 16.7. The van der Waals surface area contributed by atoms with Gasteiger partial charge in [-0.2, -0.15) is 0 Å². The number of thiocarbonyl (C=S) groups is 2. The van der Waals surface area contributed by atoms with E-state index in [9.17, 15) is 9.59 Å². The molecule has 0 saturated carbocycles. The van der Waals surface area contributed by atoms with E-state index in [0.717, 1.165) is 34.1 Å². The molecule has 0 radical (unpaired) electrons. The van der Waals surface area contributed by atoms with Crippen molar-refractivity contribution in [3.63, 3.8) is 0 Å². The number of carboxylic acid groups (broad SMARTS) is 1. The maximum Gasteiger partial charge on any atom is 0.321 e. The maximum absolute atomic E-state index is 11.6. The molecule has 8 heteroatoms. The normalized spacial score (nSPS) is 11.9. The van der Waals surface area contributed by atoms with Gasteiger partial charge in [0.1, 0.15) is 10.00 Å². The summed E-state index contributed by atoms with van der Waals surface area (Å²) in [5.74, 6) is -0.983. The summed E-state index contributed by atoms with van der Waals surface area (Å²) in [7, 11) is 1.43. The van der Waals surface area contributed by atoms with Gasteiger partial charge in [0.25, 0.3) is 0 Å². The molecule has 0 spiro atoms. The maximum atomic E-state index is 11.6. The van der Waals surface area contributed by atoms with Gasteiger partial charge in [-0.05, 0) is 46.5 Å². The molecule has 0 aliphatic rings. The molecule has 1 atom stereocenters. The Morgan fingerprint density at radius 3 is 1.33 bits per heavy atom. The second-order valence-corrected chi connectivity index (χ2v) is 16.5. The molecule has 0 aromatic carbocycles. The van der Waals surface area contributed by atoms with Crippen LogP contribution in [0.4, 0.5) is 0 Å². The van der Waals surface area contributed by atoms with Gasteiger partial charge in [-0.3, -0.25) is 9.59 Å². The summed E-state index contributed by atoms with van der Waals surface area (Å²) in [5.41, 5.74) is 0. The summed E-state index contributed by atoms with van der Waals surface area (Å²) in [6.07, 6.45) is 28.3. The van der Waals surface area contributed by atoms with Crippen LogP contribution in [0.3, 0.4) is 0 Å². The molecule has 1 N–H and O–H groups in total. The summed E-state index contributed by atoms with van der Waals surface area (Å²) in [4.78, 5) is 22.3. The van der Waals surface area contributed by atoms with Crippen molar-refractivity contribution in [2.45, 2.75) is 186 Å². The lowest BCUT2D eigenvalue weighted by atomic mass is 10.1. The summed E-state index contributed by atoms with van der Waals surface area (Å²) >= 11 is 13.4. The summed E-state index contributed by atoms with van der Waals surface area (Å²) in [6, 6.07) is 0. The van der Waals surface area contributed by atoms with Crippen LogP contribution < -0.4 is 0 Å². The first-order chi connectivity index (χ1) is 20.0. The predicted octanol–water partition coefficient (Wildman–Crippen LogP) is 12.1. The van der Waals surface area contributed by atoms with E-state index in [1.165, 1.54) is 146 Å². The Bertz CT molecular complexity index is 697. The predicted molar refractivity (Wildman–Crippen MR) is 196 cm³/mol. The summed E-state index contributed by atoms with van der Waals surface area (Å²) < 4.78 is 6.01. The van der Waals surface area contributed by atoms with Crippen LogP contribution in [0.1, 0.15) is 176 Å². The van der Waals surface area contributed by atoms with Gasteiger partial charge in [-0.15, -0.1) is 23.5 Å². The number of methoxy groups -OCH3 is 1. The summed E-state index contributed by atoms with van der Waals surface area (Å²) in [6.45, 7) is 9.94. The number of esters is 1. The van der Waals surface area contributed by atoms with Crippen molar-refractivity contribution in [2.75, 3.05) is 7.11 Å². The molecule has 0 heterocycles. The SMILES string of the molecule is CCCCCCCCCCCCC(=S)SC(C)(C)C(=O)OC.CCCCCCCCCCCCC(=S)SC(C)C(=O)O. The van der Waals surface area contributed by atoms with E-state index < -0.39 is 16.0 Å². The fraction of sp³-hybridized carbons (Fsp3) is 0.882. The molecule has 42 heavy (non-hydrogen) atoms. The molecular formula is C34H64O4S4. The molecule has 0 fully saturated rings. The largest absolute Gasteiger partial charge is 0.480 e. The van der Waals surface area contributed by atoms with E-state index >= 15 is 0 Å². The fourth-order valence-corrected chi connectivity index (χ4v) is 7.53. The number of carbonyl (C=O) groups excluding carboxylic acids is 1. The Kier molecular flexibility index (Phi) is 32.3. The average molecular weight is 665 g/mol. The van der Waals surface area contributed by atoms with Gasteiger partial charge in [0.2, 0.25) is 0 Å². The molecular weight excluding hydrogens is 601 g/mol. The van der Waals surface area contributed by atoms with Crippen molar-refractivity contribution in [1.29, 1.82) is 0 Å². The monoisotopic (exact) mass is 664 g/mol. The number of thioether (sulfide) groups is 2. The van der Waals surface area contributed by atoms with Gasteiger partial charge in [0, 0.05) is 8.39 Å². The van der Waals surface area contributed by atoms with Crippen LogP contribution in [0.5, 0.6) is 0 Å². The van der Waals surface area contributed by atoms with E-state index in [4.69, 9.17) is 34.3 Å². The average Bonchev–Trinajstić information content (AvgIpc) is 2.94. The molecule has 248 valence electrons. The number of hydrogen-bond acceptors (Lipinski definition) is 7. The van der Waals surface area contributed by atoms with Gasteiger partial charge in [-0.25, -0.2) is 0 Å². The minimum absolute atomic E-state index is 0.206. The Morgan fingerprint density at radius 1 is 0.667 bits per heavy atom. The number of rotatable bonds is 26. The lowest BCUT2D eigenvalue weighted by Crippen LogP contribution is -2.30. The van der Waals surface area contributed by atoms with Crippen LogP contribution >= 0.6 is 48.0 Å². The Hall–Kier alpha value is -0.180. The van der Waals surface area contributed by atoms with Crippen LogP contribution in [0.15, 0.2) is 0 Å². The zero-order valence-corrected chi connectivity index (χ0v) is 31.2. The zero-order valence-electron chi connectivity index (χ0n) is 27.9. The standard InChI is InChI=1S/C18H34O2S2.C16H30O2S2/c1-5-6-7-8-9-10-11-12-13-14-15-16(21)22-18(2,3)17(19)20-4;1-3-4-5-6-7-8-9-10-11-12-13-15(19)20-14(2)16(17)18/h5-15H2,1-4H3;14H,3-13H2,1-2H3,(H,17,18). The van der Waals surface area contributed by atoms with Crippen molar-refractivity contribution < 1.29 is 19.4 Å². The minimum Gasteiger partial charge on any atom is -0.480 e. The third-order valence-electron chi connectivity index (χ3n) is 7.17. The van der Waals surface area contributed by atoms with E-state index in [0.29, 0.717) is 0 Å². The zero-order chi connectivity index (χ0) is 32.1. The highest BCUT2D eigenvalue weighted by Crippen LogP contribution is 2.29. The Morgan fingerprint density at radius 2 is 1.00 bits per heavy atom. The number of carbonyl (C=O) groups is 2. The number of hydrogen-bond donors (Lipinski definition) is 1. The van der Waals surface area contributed by atoms with Crippen LogP contribution in [-0.2, 0) is 14.3 Å². The molecule has 4 nitrogen and oxygen atoms in total.